The number of benzene rings is 1. The standard InChI is InChI=1S/C15H23N3O2/c16-15(17-20)13-6-4-5-12(9-13)10-18-8-3-1-2-7-14(18)11-19/h4-6,9,14,19-20H,1-3,7-8,10-11H2,(H2,16,17). The number of nitrogens with two attached hydrogens (primary N) is 1. The summed E-state index contributed by atoms with van der Waals surface area (Å²) in [6, 6.07) is 7.95. The smallest absolute Gasteiger partial charge is 0.170 e. The predicted octanol–water partition coefficient (Wildman–Crippen LogP) is 1.52. The second kappa shape index (κ2) is 7.26. The van der Waals surface area contributed by atoms with Crippen molar-refractivity contribution >= 4 is 5.84 Å². The van der Waals surface area contributed by atoms with Gasteiger partial charge in [-0.3, -0.25) is 4.90 Å². The first-order valence-corrected chi connectivity index (χ1v) is 7.16. The molecule has 110 valence electrons. The fourth-order valence-electron chi connectivity index (χ4n) is 2.77. The summed E-state index contributed by atoms with van der Waals surface area (Å²) < 4.78 is 0. The molecular formula is C15H23N3O2. The summed E-state index contributed by atoms with van der Waals surface area (Å²) >= 11 is 0. The molecule has 1 fully saturated rings. The van der Waals surface area contributed by atoms with E-state index in [0.29, 0.717) is 0 Å². The second-order valence-corrected chi connectivity index (χ2v) is 5.34. The van der Waals surface area contributed by atoms with Crippen LogP contribution in [0.15, 0.2) is 29.4 Å². The molecule has 0 aromatic heterocycles. The van der Waals surface area contributed by atoms with Crippen molar-refractivity contribution in [2.24, 2.45) is 10.9 Å². The topological polar surface area (TPSA) is 82.1 Å². The third-order valence-corrected chi connectivity index (χ3v) is 3.93. The van der Waals surface area contributed by atoms with Gasteiger partial charge in [0, 0.05) is 18.2 Å². The van der Waals surface area contributed by atoms with Gasteiger partial charge in [0.25, 0.3) is 0 Å². The Balaban J connectivity index is 2.11. The van der Waals surface area contributed by atoms with Gasteiger partial charge in [-0.05, 0) is 31.0 Å². The first-order chi connectivity index (χ1) is 9.74. The van der Waals surface area contributed by atoms with E-state index in [1.165, 1.54) is 19.3 Å². The molecule has 0 radical (unpaired) electrons. The minimum Gasteiger partial charge on any atom is -0.409 e. The van der Waals surface area contributed by atoms with Crippen LogP contribution < -0.4 is 5.73 Å². The molecule has 0 bridgehead atoms. The molecular weight excluding hydrogens is 254 g/mol. The van der Waals surface area contributed by atoms with Crippen LogP contribution in [0.2, 0.25) is 0 Å². The van der Waals surface area contributed by atoms with Crippen LogP contribution in [0.5, 0.6) is 0 Å². The van der Waals surface area contributed by atoms with E-state index < -0.39 is 0 Å². The van der Waals surface area contributed by atoms with Crippen LogP contribution in [0.1, 0.15) is 36.8 Å². The van der Waals surface area contributed by atoms with Gasteiger partial charge in [-0.2, -0.15) is 0 Å². The van der Waals surface area contributed by atoms with E-state index in [4.69, 9.17) is 10.9 Å². The highest BCUT2D eigenvalue weighted by Crippen LogP contribution is 2.19. The van der Waals surface area contributed by atoms with Crippen LogP contribution in [0.4, 0.5) is 0 Å². The molecule has 0 aliphatic carbocycles. The first kappa shape index (κ1) is 14.8. The normalized spacial score (nSPS) is 21.6. The van der Waals surface area contributed by atoms with Crippen molar-refractivity contribution in [1.29, 1.82) is 0 Å². The highest BCUT2D eigenvalue weighted by Gasteiger charge is 2.20. The molecule has 1 aliphatic heterocycles. The molecule has 2 rings (SSSR count). The van der Waals surface area contributed by atoms with Crippen molar-refractivity contribution < 1.29 is 10.3 Å². The maximum atomic E-state index is 9.53. The molecule has 1 saturated heterocycles. The molecule has 1 aromatic carbocycles. The van der Waals surface area contributed by atoms with Crippen molar-refractivity contribution in [2.75, 3.05) is 13.2 Å². The zero-order valence-corrected chi connectivity index (χ0v) is 11.7. The number of hydrogen-bond acceptors (Lipinski definition) is 4. The van der Waals surface area contributed by atoms with Gasteiger partial charge in [-0.15, -0.1) is 0 Å². The minimum absolute atomic E-state index is 0.126. The average molecular weight is 277 g/mol. The van der Waals surface area contributed by atoms with Crippen LogP contribution in [0, 0.1) is 0 Å². The van der Waals surface area contributed by atoms with Gasteiger partial charge in [0.2, 0.25) is 0 Å². The van der Waals surface area contributed by atoms with Gasteiger partial charge in [-0.1, -0.05) is 36.2 Å². The molecule has 4 N–H and O–H groups in total. The van der Waals surface area contributed by atoms with Gasteiger partial charge in [-0.25, -0.2) is 0 Å². The monoisotopic (exact) mass is 277 g/mol. The van der Waals surface area contributed by atoms with E-state index in [0.717, 1.165) is 30.6 Å². The van der Waals surface area contributed by atoms with E-state index in [1.54, 1.807) is 0 Å². The lowest BCUT2D eigenvalue weighted by atomic mass is 10.1. The summed E-state index contributed by atoms with van der Waals surface area (Å²) in [5.41, 5.74) is 7.46. The maximum absolute atomic E-state index is 9.53. The molecule has 5 heteroatoms. The zero-order chi connectivity index (χ0) is 14.4. The highest BCUT2D eigenvalue weighted by atomic mass is 16.4. The number of hydrogen-bond donors (Lipinski definition) is 3. The molecule has 1 aromatic rings. The average Bonchev–Trinajstić information content (AvgIpc) is 2.71. The highest BCUT2D eigenvalue weighted by molar-refractivity contribution is 5.97. The Bertz CT molecular complexity index is 462. The molecule has 1 aliphatic rings. The molecule has 1 heterocycles. The summed E-state index contributed by atoms with van der Waals surface area (Å²) in [4.78, 5) is 2.33. The largest absolute Gasteiger partial charge is 0.409 e. The van der Waals surface area contributed by atoms with E-state index in [-0.39, 0.29) is 18.5 Å². The Morgan fingerprint density at radius 2 is 2.20 bits per heavy atom. The third kappa shape index (κ3) is 3.71. The third-order valence-electron chi connectivity index (χ3n) is 3.93. The van der Waals surface area contributed by atoms with Gasteiger partial charge >= 0.3 is 0 Å². The van der Waals surface area contributed by atoms with Gasteiger partial charge < -0.3 is 16.0 Å². The summed E-state index contributed by atoms with van der Waals surface area (Å²) in [7, 11) is 0. The van der Waals surface area contributed by atoms with Crippen LogP contribution >= 0.6 is 0 Å². The fraction of sp³-hybridized carbons (Fsp3) is 0.533. The Morgan fingerprint density at radius 1 is 1.35 bits per heavy atom. The lowest BCUT2D eigenvalue weighted by Gasteiger charge is -2.28. The lowest BCUT2D eigenvalue weighted by molar-refractivity contribution is 0.118. The summed E-state index contributed by atoms with van der Waals surface area (Å²) in [5, 5.41) is 21.3. The van der Waals surface area contributed by atoms with E-state index in [1.807, 2.05) is 24.3 Å². The molecule has 0 saturated carbocycles. The van der Waals surface area contributed by atoms with Crippen LogP contribution in [-0.2, 0) is 6.54 Å². The number of aliphatic hydroxyl groups excluding tert-OH is 1. The number of rotatable bonds is 4. The van der Waals surface area contributed by atoms with Crippen molar-refractivity contribution in [3.8, 4) is 0 Å². The Hall–Kier alpha value is -1.59. The fourth-order valence-corrected chi connectivity index (χ4v) is 2.77. The van der Waals surface area contributed by atoms with E-state index in [2.05, 4.69) is 10.1 Å². The maximum Gasteiger partial charge on any atom is 0.170 e. The van der Waals surface area contributed by atoms with Gasteiger partial charge in [0.15, 0.2) is 5.84 Å². The van der Waals surface area contributed by atoms with Gasteiger partial charge in [0.05, 0.1) is 6.61 Å². The zero-order valence-electron chi connectivity index (χ0n) is 11.7. The molecule has 5 nitrogen and oxygen atoms in total. The van der Waals surface area contributed by atoms with Crippen LogP contribution in [-0.4, -0.2) is 40.2 Å². The molecule has 1 unspecified atom stereocenters. The Morgan fingerprint density at radius 3 is 2.95 bits per heavy atom. The first-order valence-electron chi connectivity index (χ1n) is 7.16. The number of aliphatic hydroxyl groups is 1. The summed E-state index contributed by atoms with van der Waals surface area (Å²) in [6.07, 6.45) is 4.65. The Labute approximate surface area is 119 Å². The SMILES string of the molecule is N/C(=N/O)c1cccc(CN2CCCCCC2CO)c1. The van der Waals surface area contributed by atoms with Crippen molar-refractivity contribution in [1.82, 2.24) is 4.90 Å². The van der Waals surface area contributed by atoms with Gasteiger partial charge in [0.1, 0.15) is 0 Å². The summed E-state index contributed by atoms with van der Waals surface area (Å²) in [5.74, 6) is 0.126. The minimum atomic E-state index is 0.126. The predicted molar refractivity (Wildman–Crippen MR) is 78.7 cm³/mol. The number of amidine groups is 1. The number of likely N-dealkylation sites (tertiary alicyclic amines) is 1. The summed E-state index contributed by atoms with van der Waals surface area (Å²) in [6.45, 7) is 2.01. The second-order valence-electron chi connectivity index (χ2n) is 5.34. The molecule has 0 amide bonds. The Kier molecular flexibility index (Phi) is 5.38. The van der Waals surface area contributed by atoms with Crippen LogP contribution in [0.3, 0.4) is 0 Å². The lowest BCUT2D eigenvalue weighted by Crippen LogP contribution is -2.36. The van der Waals surface area contributed by atoms with Crippen molar-refractivity contribution in [3.63, 3.8) is 0 Å². The number of nitrogens with zero attached hydrogens (tertiary/aromatic N) is 2. The van der Waals surface area contributed by atoms with Crippen molar-refractivity contribution in [3.05, 3.63) is 35.4 Å². The van der Waals surface area contributed by atoms with Crippen molar-refractivity contribution in [2.45, 2.75) is 38.3 Å². The molecule has 1 atom stereocenters. The number of oxime groups is 1. The van der Waals surface area contributed by atoms with E-state index >= 15 is 0 Å². The van der Waals surface area contributed by atoms with E-state index in [9.17, 15) is 5.11 Å². The molecule has 0 spiro atoms. The quantitative estimate of drug-likeness (QED) is 0.337. The molecule has 20 heavy (non-hydrogen) atoms. The van der Waals surface area contributed by atoms with Crippen LogP contribution in [0.25, 0.3) is 0 Å².